The number of halogens is 3. The first-order valence-corrected chi connectivity index (χ1v) is 9.78. The van der Waals surface area contributed by atoms with Crippen molar-refractivity contribution < 1.29 is 18.3 Å². The van der Waals surface area contributed by atoms with Gasteiger partial charge in [0, 0.05) is 32.1 Å². The summed E-state index contributed by atoms with van der Waals surface area (Å²) in [5, 5.41) is 6.37. The molecule has 1 aliphatic heterocycles. The van der Waals surface area contributed by atoms with Crippen LogP contribution < -0.4 is 15.4 Å². The lowest BCUT2D eigenvalue weighted by molar-refractivity contribution is 0.140. The summed E-state index contributed by atoms with van der Waals surface area (Å²) in [4.78, 5) is 4.19. The molecule has 0 amide bonds. The molecule has 2 aromatic carbocycles. The van der Waals surface area contributed by atoms with E-state index in [-0.39, 0.29) is 30.1 Å². The van der Waals surface area contributed by atoms with Crippen LogP contribution in [0.4, 0.5) is 8.78 Å². The zero-order valence-corrected chi connectivity index (χ0v) is 19.5. The first-order valence-electron chi connectivity index (χ1n) is 9.78. The van der Waals surface area contributed by atoms with Crippen molar-refractivity contribution in [2.24, 2.45) is 4.99 Å². The molecule has 8 heteroatoms. The standard InChI is InChI=1S/C22H27F2N3O2.HI/c1-15-6-7-17(20(12-15)29-18-9-11-28-14-18)13-27-22(25-2)26-10-8-16-4-3-5-19(23)21(16)24;/h3-7,12,18H,8-11,13-14H2,1-2H3,(H2,25,26,27);1H. The van der Waals surface area contributed by atoms with Crippen LogP contribution in [0.3, 0.4) is 0 Å². The Morgan fingerprint density at radius 2 is 2.03 bits per heavy atom. The molecule has 0 radical (unpaired) electrons. The molecular formula is C22H28F2IN3O2. The van der Waals surface area contributed by atoms with Gasteiger partial charge < -0.3 is 20.1 Å². The third-order valence-corrected chi connectivity index (χ3v) is 4.79. The Kier molecular flexibility index (Phi) is 9.77. The van der Waals surface area contributed by atoms with Gasteiger partial charge in [-0.25, -0.2) is 8.78 Å². The van der Waals surface area contributed by atoms with Crippen LogP contribution in [0, 0.1) is 18.6 Å². The van der Waals surface area contributed by atoms with E-state index in [1.54, 1.807) is 13.1 Å². The van der Waals surface area contributed by atoms with Crippen molar-refractivity contribution in [3.05, 3.63) is 64.7 Å². The molecule has 0 bridgehead atoms. The van der Waals surface area contributed by atoms with Crippen LogP contribution in [-0.2, 0) is 17.7 Å². The highest BCUT2D eigenvalue weighted by molar-refractivity contribution is 14.0. The molecule has 2 aromatic rings. The third-order valence-electron chi connectivity index (χ3n) is 4.79. The van der Waals surface area contributed by atoms with E-state index in [1.165, 1.54) is 6.07 Å². The molecule has 1 heterocycles. The molecule has 164 valence electrons. The van der Waals surface area contributed by atoms with Crippen LogP contribution in [0.15, 0.2) is 41.4 Å². The van der Waals surface area contributed by atoms with Gasteiger partial charge in [-0.2, -0.15) is 0 Å². The second-order valence-corrected chi connectivity index (χ2v) is 7.03. The molecule has 1 fully saturated rings. The summed E-state index contributed by atoms with van der Waals surface area (Å²) < 4.78 is 38.6. The highest BCUT2D eigenvalue weighted by Gasteiger charge is 2.18. The molecule has 1 atom stereocenters. The number of aliphatic imine (C=N–C) groups is 1. The first kappa shape index (κ1) is 24.3. The van der Waals surface area contributed by atoms with Crippen LogP contribution in [0.2, 0.25) is 0 Å². The van der Waals surface area contributed by atoms with Crippen molar-refractivity contribution in [1.82, 2.24) is 10.6 Å². The molecular weight excluding hydrogens is 503 g/mol. The Balaban J connectivity index is 0.00000320. The van der Waals surface area contributed by atoms with Gasteiger partial charge in [-0.05, 0) is 36.6 Å². The number of nitrogens with one attached hydrogen (secondary N) is 2. The summed E-state index contributed by atoms with van der Waals surface area (Å²) in [6, 6.07) is 10.3. The Labute approximate surface area is 193 Å². The molecule has 1 aliphatic rings. The summed E-state index contributed by atoms with van der Waals surface area (Å²) >= 11 is 0. The molecule has 3 rings (SSSR count). The lowest BCUT2D eigenvalue weighted by Gasteiger charge is -2.18. The highest BCUT2D eigenvalue weighted by Crippen LogP contribution is 2.23. The number of hydrogen-bond donors (Lipinski definition) is 2. The average molecular weight is 531 g/mol. The van der Waals surface area contributed by atoms with E-state index in [4.69, 9.17) is 9.47 Å². The van der Waals surface area contributed by atoms with E-state index in [2.05, 4.69) is 15.6 Å². The fourth-order valence-electron chi connectivity index (χ4n) is 3.16. The lowest BCUT2D eigenvalue weighted by Crippen LogP contribution is -2.38. The molecule has 2 N–H and O–H groups in total. The number of benzene rings is 2. The molecule has 0 saturated carbocycles. The Morgan fingerprint density at radius 1 is 1.20 bits per heavy atom. The molecule has 1 saturated heterocycles. The average Bonchev–Trinajstić information content (AvgIpc) is 3.22. The van der Waals surface area contributed by atoms with Crippen LogP contribution in [0.5, 0.6) is 5.75 Å². The topological polar surface area (TPSA) is 54.9 Å². The summed E-state index contributed by atoms with van der Waals surface area (Å²) in [7, 11) is 1.67. The molecule has 30 heavy (non-hydrogen) atoms. The molecule has 5 nitrogen and oxygen atoms in total. The smallest absolute Gasteiger partial charge is 0.191 e. The highest BCUT2D eigenvalue weighted by atomic mass is 127. The van der Waals surface area contributed by atoms with Gasteiger partial charge in [0.1, 0.15) is 11.9 Å². The van der Waals surface area contributed by atoms with E-state index in [0.717, 1.165) is 36.0 Å². The van der Waals surface area contributed by atoms with E-state index in [1.807, 2.05) is 25.1 Å². The number of hydrogen-bond acceptors (Lipinski definition) is 3. The minimum Gasteiger partial charge on any atom is -0.488 e. The minimum absolute atomic E-state index is 0. The van der Waals surface area contributed by atoms with Gasteiger partial charge in [-0.3, -0.25) is 4.99 Å². The summed E-state index contributed by atoms with van der Waals surface area (Å²) in [6.45, 7) is 4.32. The van der Waals surface area contributed by atoms with Crippen LogP contribution >= 0.6 is 24.0 Å². The van der Waals surface area contributed by atoms with Crippen molar-refractivity contribution in [2.75, 3.05) is 26.8 Å². The maximum absolute atomic E-state index is 13.7. The van der Waals surface area contributed by atoms with Crippen LogP contribution in [-0.4, -0.2) is 38.9 Å². The van der Waals surface area contributed by atoms with Gasteiger partial charge in [0.25, 0.3) is 0 Å². The third kappa shape index (κ3) is 6.80. The first-order chi connectivity index (χ1) is 14.1. The maximum Gasteiger partial charge on any atom is 0.191 e. The van der Waals surface area contributed by atoms with Crippen molar-refractivity contribution in [1.29, 1.82) is 0 Å². The molecule has 1 unspecified atom stereocenters. The van der Waals surface area contributed by atoms with Crippen molar-refractivity contribution in [3.63, 3.8) is 0 Å². The second-order valence-electron chi connectivity index (χ2n) is 7.03. The van der Waals surface area contributed by atoms with Crippen LogP contribution in [0.1, 0.15) is 23.1 Å². The number of rotatable bonds is 7. The largest absolute Gasteiger partial charge is 0.488 e. The van der Waals surface area contributed by atoms with E-state index >= 15 is 0 Å². The minimum atomic E-state index is -0.829. The molecule has 0 aromatic heterocycles. The predicted molar refractivity (Wildman–Crippen MR) is 125 cm³/mol. The van der Waals surface area contributed by atoms with E-state index in [9.17, 15) is 8.78 Å². The Bertz CT molecular complexity index is 858. The van der Waals surface area contributed by atoms with Crippen molar-refractivity contribution in [2.45, 2.75) is 32.4 Å². The van der Waals surface area contributed by atoms with Gasteiger partial charge in [0.05, 0.1) is 13.2 Å². The van der Waals surface area contributed by atoms with Gasteiger partial charge in [-0.15, -0.1) is 24.0 Å². The zero-order chi connectivity index (χ0) is 20.6. The Hall–Kier alpha value is -1.94. The predicted octanol–water partition coefficient (Wildman–Crippen LogP) is 3.97. The SMILES string of the molecule is CN=C(NCCc1cccc(F)c1F)NCc1ccc(C)cc1OC1CCOC1.I. The van der Waals surface area contributed by atoms with Gasteiger partial charge >= 0.3 is 0 Å². The number of nitrogens with zero attached hydrogens (tertiary/aromatic N) is 1. The summed E-state index contributed by atoms with van der Waals surface area (Å²) in [5.74, 6) is -0.207. The van der Waals surface area contributed by atoms with E-state index < -0.39 is 11.6 Å². The van der Waals surface area contributed by atoms with Crippen molar-refractivity contribution >= 4 is 29.9 Å². The van der Waals surface area contributed by atoms with Gasteiger partial charge in [-0.1, -0.05) is 24.3 Å². The Morgan fingerprint density at radius 3 is 2.77 bits per heavy atom. The van der Waals surface area contributed by atoms with Gasteiger partial charge in [0.2, 0.25) is 0 Å². The molecule has 0 aliphatic carbocycles. The quantitative estimate of drug-likeness (QED) is 0.323. The number of guanidine groups is 1. The van der Waals surface area contributed by atoms with Crippen molar-refractivity contribution in [3.8, 4) is 5.75 Å². The molecule has 0 spiro atoms. The number of aryl methyl sites for hydroxylation is 1. The second kappa shape index (κ2) is 12.0. The van der Waals surface area contributed by atoms with Gasteiger partial charge in [0.15, 0.2) is 17.6 Å². The summed E-state index contributed by atoms with van der Waals surface area (Å²) in [5.41, 5.74) is 2.48. The fraction of sp³-hybridized carbons (Fsp3) is 0.409. The number of ether oxygens (including phenoxy) is 2. The maximum atomic E-state index is 13.7. The van der Waals surface area contributed by atoms with E-state index in [0.29, 0.717) is 37.6 Å². The summed E-state index contributed by atoms with van der Waals surface area (Å²) in [6.07, 6.45) is 1.32. The monoisotopic (exact) mass is 531 g/mol. The zero-order valence-electron chi connectivity index (χ0n) is 17.2. The normalized spacial score (nSPS) is 16.1. The van der Waals surface area contributed by atoms with Crippen LogP contribution in [0.25, 0.3) is 0 Å². The lowest BCUT2D eigenvalue weighted by atomic mass is 10.1. The fourth-order valence-corrected chi connectivity index (χ4v) is 3.16.